The van der Waals surface area contributed by atoms with Crippen LogP contribution in [0.2, 0.25) is 0 Å². The third-order valence-electron chi connectivity index (χ3n) is 6.67. The summed E-state index contributed by atoms with van der Waals surface area (Å²) < 4.78 is 0. The van der Waals surface area contributed by atoms with Crippen LogP contribution in [0, 0.1) is 0 Å². The lowest BCUT2D eigenvalue weighted by atomic mass is 9.89. The van der Waals surface area contributed by atoms with Gasteiger partial charge in [-0.15, -0.1) is 0 Å². The van der Waals surface area contributed by atoms with Crippen molar-refractivity contribution < 1.29 is 0 Å². The van der Waals surface area contributed by atoms with Crippen molar-refractivity contribution in [3.05, 3.63) is 110 Å². The molecule has 0 aliphatic carbocycles. The zero-order valence-electron chi connectivity index (χ0n) is 18.1. The minimum atomic E-state index is -2.44. The van der Waals surface area contributed by atoms with Gasteiger partial charge < -0.3 is 0 Å². The molecule has 0 fully saturated rings. The Bertz CT molecular complexity index is 1690. The summed E-state index contributed by atoms with van der Waals surface area (Å²) in [4.78, 5) is 14.5. The third kappa shape index (κ3) is 2.58. The molecule has 0 saturated heterocycles. The van der Waals surface area contributed by atoms with E-state index in [0.717, 1.165) is 60.0 Å². The second kappa shape index (κ2) is 7.39. The number of aromatic nitrogens is 3. The number of hydrogen-bond donors (Lipinski definition) is 0. The van der Waals surface area contributed by atoms with Gasteiger partial charge in [0.15, 0.2) is 0 Å². The highest BCUT2D eigenvalue weighted by Crippen LogP contribution is 2.53. The fourth-order valence-electron chi connectivity index (χ4n) is 5.26. The van der Waals surface area contributed by atoms with Gasteiger partial charge in [0.1, 0.15) is 0 Å². The van der Waals surface area contributed by atoms with Crippen molar-refractivity contribution in [1.82, 2.24) is 15.0 Å². The average Bonchev–Trinajstić information content (AvgIpc) is 3.02. The second-order valence-electron chi connectivity index (χ2n) is 8.40. The van der Waals surface area contributed by atoms with E-state index in [0.29, 0.717) is 0 Å². The van der Waals surface area contributed by atoms with Crippen LogP contribution in [0.3, 0.4) is 0 Å². The van der Waals surface area contributed by atoms with Crippen LogP contribution in [0.25, 0.3) is 44.1 Å². The summed E-state index contributed by atoms with van der Waals surface area (Å²) in [7, 11) is 0. The van der Waals surface area contributed by atoms with Crippen molar-refractivity contribution >= 4 is 55.3 Å². The Morgan fingerprint density at radius 2 is 1.12 bits per heavy atom. The van der Waals surface area contributed by atoms with Gasteiger partial charge in [-0.2, -0.15) is 0 Å². The molecule has 0 saturated carbocycles. The normalized spacial score (nSPS) is 16.5. The van der Waals surface area contributed by atoms with Crippen molar-refractivity contribution in [2.45, 2.75) is 0 Å². The van der Waals surface area contributed by atoms with Crippen LogP contribution in [0.1, 0.15) is 0 Å². The SMILES string of the molecule is S=P1(c2ccccc2)c2cccnc2-c2c(c3ccncc3c3ccccc23)-c2ncccc21. The lowest BCUT2D eigenvalue weighted by Gasteiger charge is -2.25. The van der Waals surface area contributed by atoms with Gasteiger partial charge in [0.05, 0.1) is 11.4 Å². The lowest BCUT2D eigenvalue weighted by molar-refractivity contribution is 1.33. The molecule has 3 nitrogen and oxygen atoms in total. The molecule has 3 aromatic carbocycles. The lowest BCUT2D eigenvalue weighted by Crippen LogP contribution is -2.26. The van der Waals surface area contributed by atoms with Gasteiger partial charge in [0.25, 0.3) is 0 Å². The zero-order valence-corrected chi connectivity index (χ0v) is 19.8. The zero-order chi connectivity index (χ0) is 22.7. The number of pyridine rings is 3. The highest BCUT2D eigenvalue weighted by atomic mass is 32.4. The summed E-state index contributed by atoms with van der Waals surface area (Å²) in [5.41, 5.74) is 4.10. The quantitative estimate of drug-likeness (QED) is 0.231. The summed E-state index contributed by atoms with van der Waals surface area (Å²) in [6.45, 7) is 0. The largest absolute Gasteiger partial charge is 0.264 e. The predicted molar refractivity (Wildman–Crippen MR) is 145 cm³/mol. The molecule has 4 heterocycles. The molecule has 1 aliphatic rings. The van der Waals surface area contributed by atoms with Crippen LogP contribution >= 0.6 is 6.04 Å². The minimum Gasteiger partial charge on any atom is -0.264 e. The van der Waals surface area contributed by atoms with E-state index in [-0.39, 0.29) is 0 Å². The van der Waals surface area contributed by atoms with Crippen molar-refractivity contribution in [1.29, 1.82) is 0 Å². The summed E-state index contributed by atoms with van der Waals surface area (Å²) >= 11 is 6.73. The molecule has 34 heavy (non-hydrogen) atoms. The summed E-state index contributed by atoms with van der Waals surface area (Å²) in [6, 6.07) is 27.0. The molecule has 1 atom stereocenters. The number of nitrogens with zero attached hydrogens (tertiary/aromatic N) is 3. The highest BCUT2D eigenvalue weighted by molar-refractivity contribution is 8.25. The van der Waals surface area contributed by atoms with Crippen LogP contribution in [-0.4, -0.2) is 15.0 Å². The highest BCUT2D eigenvalue weighted by Gasteiger charge is 2.36. The Balaban J connectivity index is 1.80. The maximum atomic E-state index is 6.73. The van der Waals surface area contributed by atoms with Crippen molar-refractivity contribution in [3.63, 3.8) is 0 Å². The van der Waals surface area contributed by atoms with Gasteiger partial charge in [0, 0.05) is 57.9 Å². The van der Waals surface area contributed by atoms with Crippen molar-refractivity contribution in [2.24, 2.45) is 0 Å². The first-order chi connectivity index (χ1) is 16.8. The Hall–Kier alpha value is -3.72. The topological polar surface area (TPSA) is 38.7 Å². The first-order valence-electron chi connectivity index (χ1n) is 11.1. The molecule has 0 radical (unpaired) electrons. The monoisotopic (exact) mass is 471 g/mol. The molecular formula is C29H18N3PS. The molecule has 5 heteroatoms. The van der Waals surface area contributed by atoms with E-state index in [1.165, 1.54) is 0 Å². The van der Waals surface area contributed by atoms with E-state index in [1.807, 2.05) is 43.0 Å². The molecule has 6 aromatic rings. The summed E-state index contributed by atoms with van der Waals surface area (Å²) in [6.07, 6.45) is 7.57. The van der Waals surface area contributed by atoms with Gasteiger partial charge in [-0.1, -0.05) is 66.4 Å². The van der Waals surface area contributed by atoms with E-state index >= 15 is 0 Å². The Morgan fingerprint density at radius 1 is 0.529 bits per heavy atom. The summed E-state index contributed by atoms with van der Waals surface area (Å²) in [5, 5.41) is 7.91. The Kier molecular flexibility index (Phi) is 4.29. The van der Waals surface area contributed by atoms with Crippen LogP contribution in [0.5, 0.6) is 0 Å². The third-order valence-corrected chi connectivity index (χ3v) is 11.6. The van der Waals surface area contributed by atoms with E-state index in [2.05, 4.69) is 71.7 Å². The first kappa shape index (κ1) is 19.7. The maximum Gasteiger partial charge on any atom is 0.0805 e. The van der Waals surface area contributed by atoms with Gasteiger partial charge in [-0.3, -0.25) is 15.0 Å². The van der Waals surface area contributed by atoms with E-state index < -0.39 is 6.04 Å². The predicted octanol–water partition coefficient (Wildman–Crippen LogP) is 5.58. The number of benzene rings is 3. The standard InChI is InChI=1S/C29H18N3PS/c34-33(19-8-2-1-3-9-19)24-12-6-15-31-28(24)26-21-11-5-4-10-20(21)23-18-30-17-14-22(23)27(26)29-25(33)13-7-16-32-29/h1-18H. The smallest absolute Gasteiger partial charge is 0.0805 e. The Morgan fingerprint density at radius 3 is 1.79 bits per heavy atom. The molecule has 160 valence electrons. The first-order valence-corrected chi connectivity index (χ1v) is 13.9. The molecule has 1 unspecified atom stereocenters. The molecular weight excluding hydrogens is 453 g/mol. The number of rotatable bonds is 1. The molecule has 3 aromatic heterocycles. The van der Waals surface area contributed by atoms with E-state index in [9.17, 15) is 0 Å². The molecule has 0 spiro atoms. The Labute approximate surface area is 202 Å². The van der Waals surface area contributed by atoms with Crippen molar-refractivity contribution in [3.8, 4) is 22.5 Å². The minimum absolute atomic E-state index is 0.949. The van der Waals surface area contributed by atoms with Gasteiger partial charge in [0.2, 0.25) is 0 Å². The van der Waals surface area contributed by atoms with E-state index in [1.54, 1.807) is 0 Å². The van der Waals surface area contributed by atoms with Crippen LogP contribution in [-0.2, 0) is 11.8 Å². The van der Waals surface area contributed by atoms with Gasteiger partial charge in [-0.25, -0.2) is 0 Å². The van der Waals surface area contributed by atoms with Crippen LogP contribution < -0.4 is 15.9 Å². The fraction of sp³-hybridized carbons (Fsp3) is 0. The molecule has 1 aliphatic heterocycles. The number of hydrogen-bond acceptors (Lipinski definition) is 4. The van der Waals surface area contributed by atoms with E-state index in [4.69, 9.17) is 21.8 Å². The maximum absolute atomic E-state index is 6.73. The van der Waals surface area contributed by atoms with Crippen LogP contribution in [0.4, 0.5) is 0 Å². The van der Waals surface area contributed by atoms with Crippen molar-refractivity contribution in [2.75, 3.05) is 0 Å². The van der Waals surface area contributed by atoms with Gasteiger partial charge >= 0.3 is 0 Å². The second-order valence-corrected chi connectivity index (χ2v) is 12.7. The molecule has 0 N–H and O–H groups in total. The molecule has 0 bridgehead atoms. The average molecular weight is 472 g/mol. The fourth-order valence-corrected chi connectivity index (χ4v) is 9.44. The summed E-state index contributed by atoms with van der Waals surface area (Å²) in [5.74, 6) is 0. The molecule has 0 amide bonds. The number of fused-ring (bicyclic) bond motifs is 10. The van der Waals surface area contributed by atoms with Gasteiger partial charge in [-0.05, 0) is 51.8 Å². The molecule has 7 rings (SSSR count). The van der Waals surface area contributed by atoms with Crippen LogP contribution in [0.15, 0.2) is 110 Å².